The van der Waals surface area contributed by atoms with Gasteiger partial charge in [-0.3, -0.25) is 0 Å². The Hall–Kier alpha value is -0.170. The zero-order valence-corrected chi connectivity index (χ0v) is 13.1. The molecule has 0 radical (unpaired) electrons. The highest BCUT2D eigenvalue weighted by atomic mass is 32.2. The molecule has 0 aromatic carbocycles. The molecule has 3 aliphatic rings. The molecule has 3 fully saturated rings. The first kappa shape index (κ1) is 14.8. The van der Waals surface area contributed by atoms with E-state index in [1.807, 2.05) is 0 Å². The first-order chi connectivity index (χ1) is 9.54. The molecule has 3 rings (SSSR count). The third kappa shape index (κ3) is 3.18. The third-order valence-corrected chi connectivity index (χ3v) is 7.04. The molecule has 1 N–H and O–H groups in total. The second-order valence-electron chi connectivity index (χ2n) is 6.55. The molecule has 3 aliphatic heterocycles. The molecule has 3 saturated heterocycles. The summed E-state index contributed by atoms with van der Waals surface area (Å²) in [4.78, 5) is 0. The van der Waals surface area contributed by atoms with Crippen LogP contribution in [0.3, 0.4) is 0 Å². The summed E-state index contributed by atoms with van der Waals surface area (Å²) in [5, 5.41) is 3.56. The minimum absolute atomic E-state index is 0.102. The predicted octanol–water partition coefficient (Wildman–Crippen LogP) is 1.10. The number of hydrogen-bond acceptors (Lipinski definition) is 4. The van der Waals surface area contributed by atoms with Crippen LogP contribution in [0.25, 0.3) is 0 Å². The molecule has 6 heteroatoms. The topological polar surface area (TPSA) is 58.6 Å². The Morgan fingerprint density at radius 1 is 1.15 bits per heavy atom. The van der Waals surface area contributed by atoms with Crippen molar-refractivity contribution >= 4 is 10.0 Å². The van der Waals surface area contributed by atoms with Crippen molar-refractivity contribution in [3.8, 4) is 0 Å². The van der Waals surface area contributed by atoms with Crippen molar-refractivity contribution in [3.63, 3.8) is 0 Å². The van der Waals surface area contributed by atoms with Gasteiger partial charge in [0, 0.05) is 31.8 Å². The van der Waals surface area contributed by atoms with E-state index in [1.165, 1.54) is 12.8 Å². The number of ether oxygens (including phenoxy) is 1. The Morgan fingerprint density at radius 3 is 2.45 bits per heavy atom. The van der Waals surface area contributed by atoms with Gasteiger partial charge in [0.1, 0.15) is 0 Å². The normalized spacial score (nSPS) is 38.3. The fourth-order valence-electron chi connectivity index (χ4n) is 3.84. The highest BCUT2D eigenvalue weighted by Crippen LogP contribution is 2.30. The van der Waals surface area contributed by atoms with Crippen molar-refractivity contribution in [2.45, 2.75) is 69.2 Å². The molecule has 0 aromatic heterocycles. The summed E-state index contributed by atoms with van der Waals surface area (Å²) in [6.45, 7) is 0.710. The van der Waals surface area contributed by atoms with Gasteiger partial charge in [-0.1, -0.05) is 0 Å². The second-order valence-corrected chi connectivity index (χ2v) is 8.62. The second kappa shape index (κ2) is 5.91. The highest BCUT2D eigenvalue weighted by Gasteiger charge is 2.39. The number of nitrogens with zero attached hydrogens (tertiary/aromatic N) is 1. The summed E-state index contributed by atoms with van der Waals surface area (Å²) in [5.74, 6) is 0.156. The molecule has 0 saturated carbocycles. The average Bonchev–Trinajstić information content (AvgIpc) is 2.77. The van der Waals surface area contributed by atoms with Crippen molar-refractivity contribution in [1.82, 2.24) is 9.62 Å². The van der Waals surface area contributed by atoms with E-state index in [0.29, 0.717) is 18.7 Å². The Kier molecular flexibility index (Phi) is 4.36. The van der Waals surface area contributed by atoms with E-state index in [0.717, 1.165) is 32.1 Å². The molecule has 5 nitrogen and oxygen atoms in total. The van der Waals surface area contributed by atoms with Crippen LogP contribution in [-0.4, -0.2) is 56.4 Å². The molecular weight excluding hydrogens is 276 g/mol. The summed E-state index contributed by atoms with van der Waals surface area (Å²) in [6, 6.07) is 1.20. The van der Waals surface area contributed by atoms with Crippen molar-refractivity contribution in [1.29, 1.82) is 0 Å². The van der Waals surface area contributed by atoms with Crippen LogP contribution in [-0.2, 0) is 14.8 Å². The molecule has 0 spiro atoms. The SMILES string of the molecule is CN(C1CC2CCC(C1)N2)S(=O)(=O)CC1CCCCO1. The smallest absolute Gasteiger partial charge is 0.216 e. The molecular formula is C14H26N2O3S. The molecule has 0 amide bonds. The van der Waals surface area contributed by atoms with Crippen LogP contribution >= 0.6 is 0 Å². The number of fused-ring (bicyclic) bond motifs is 2. The van der Waals surface area contributed by atoms with Crippen LogP contribution in [0.2, 0.25) is 0 Å². The van der Waals surface area contributed by atoms with Gasteiger partial charge >= 0.3 is 0 Å². The fraction of sp³-hybridized carbons (Fsp3) is 1.00. The number of hydrogen-bond donors (Lipinski definition) is 1. The van der Waals surface area contributed by atoms with Gasteiger partial charge < -0.3 is 10.1 Å². The van der Waals surface area contributed by atoms with Gasteiger partial charge in [0.2, 0.25) is 10.0 Å². The maximum Gasteiger partial charge on any atom is 0.216 e. The van der Waals surface area contributed by atoms with Gasteiger partial charge in [-0.15, -0.1) is 0 Å². The first-order valence-electron chi connectivity index (χ1n) is 7.88. The lowest BCUT2D eigenvalue weighted by atomic mass is 10.0. The van der Waals surface area contributed by atoms with Gasteiger partial charge in [-0.05, 0) is 44.9 Å². The lowest BCUT2D eigenvalue weighted by Crippen LogP contribution is -2.50. The van der Waals surface area contributed by atoms with Gasteiger partial charge in [-0.2, -0.15) is 0 Å². The van der Waals surface area contributed by atoms with Gasteiger partial charge in [0.25, 0.3) is 0 Å². The lowest BCUT2D eigenvalue weighted by molar-refractivity contribution is 0.0297. The Labute approximate surface area is 122 Å². The number of rotatable bonds is 4. The maximum absolute atomic E-state index is 12.6. The van der Waals surface area contributed by atoms with Crippen LogP contribution in [0.15, 0.2) is 0 Å². The van der Waals surface area contributed by atoms with E-state index in [2.05, 4.69) is 5.32 Å². The van der Waals surface area contributed by atoms with Crippen LogP contribution in [0, 0.1) is 0 Å². The first-order valence-corrected chi connectivity index (χ1v) is 9.49. The zero-order chi connectivity index (χ0) is 14.2. The summed E-state index contributed by atoms with van der Waals surface area (Å²) in [6.07, 6.45) is 7.22. The van der Waals surface area contributed by atoms with Crippen LogP contribution in [0.4, 0.5) is 0 Å². The average molecular weight is 302 g/mol. The van der Waals surface area contributed by atoms with Crippen LogP contribution in [0.1, 0.15) is 44.9 Å². The van der Waals surface area contributed by atoms with Gasteiger partial charge in [0.05, 0.1) is 11.9 Å². The maximum atomic E-state index is 12.6. The van der Waals surface area contributed by atoms with Crippen molar-refractivity contribution < 1.29 is 13.2 Å². The minimum Gasteiger partial charge on any atom is -0.377 e. The molecule has 3 unspecified atom stereocenters. The number of sulfonamides is 1. The molecule has 116 valence electrons. The monoisotopic (exact) mass is 302 g/mol. The number of nitrogens with one attached hydrogen (secondary N) is 1. The van der Waals surface area contributed by atoms with Gasteiger partial charge in [-0.25, -0.2) is 12.7 Å². The summed E-state index contributed by atoms with van der Waals surface area (Å²) >= 11 is 0. The molecule has 0 aromatic rings. The van der Waals surface area contributed by atoms with E-state index in [4.69, 9.17) is 4.74 Å². The Bertz CT molecular complexity index is 422. The van der Waals surface area contributed by atoms with Gasteiger partial charge in [0.15, 0.2) is 0 Å². The van der Waals surface area contributed by atoms with E-state index in [-0.39, 0.29) is 17.9 Å². The molecule has 3 atom stereocenters. The molecule has 20 heavy (non-hydrogen) atoms. The third-order valence-electron chi connectivity index (χ3n) is 5.07. The van der Waals surface area contributed by atoms with Crippen molar-refractivity contribution in [3.05, 3.63) is 0 Å². The van der Waals surface area contributed by atoms with Crippen LogP contribution in [0.5, 0.6) is 0 Å². The van der Waals surface area contributed by atoms with E-state index >= 15 is 0 Å². The van der Waals surface area contributed by atoms with E-state index in [9.17, 15) is 8.42 Å². The summed E-state index contributed by atoms with van der Waals surface area (Å²) in [7, 11) is -1.44. The zero-order valence-electron chi connectivity index (χ0n) is 12.3. The van der Waals surface area contributed by atoms with Crippen molar-refractivity contribution in [2.24, 2.45) is 0 Å². The van der Waals surface area contributed by atoms with Crippen molar-refractivity contribution in [2.75, 3.05) is 19.4 Å². The molecule has 0 aliphatic carbocycles. The predicted molar refractivity (Wildman–Crippen MR) is 78.1 cm³/mol. The van der Waals surface area contributed by atoms with E-state index < -0.39 is 10.0 Å². The quantitative estimate of drug-likeness (QED) is 0.845. The summed E-state index contributed by atoms with van der Waals surface area (Å²) in [5.41, 5.74) is 0. The largest absolute Gasteiger partial charge is 0.377 e. The molecule has 2 bridgehead atoms. The Morgan fingerprint density at radius 2 is 1.85 bits per heavy atom. The number of piperidine rings is 1. The standard InChI is InChI=1S/C14H26N2O3S/c1-16(13-8-11-5-6-12(9-13)15-11)20(17,18)10-14-4-2-3-7-19-14/h11-15H,2-10H2,1H3. The Balaban J connectivity index is 1.61. The molecule has 3 heterocycles. The lowest BCUT2D eigenvalue weighted by Gasteiger charge is -2.35. The van der Waals surface area contributed by atoms with E-state index in [1.54, 1.807) is 11.4 Å². The fourth-order valence-corrected chi connectivity index (χ4v) is 5.44. The summed E-state index contributed by atoms with van der Waals surface area (Å²) < 4.78 is 32.3. The highest BCUT2D eigenvalue weighted by molar-refractivity contribution is 7.89. The minimum atomic E-state index is -3.20. The van der Waals surface area contributed by atoms with Crippen LogP contribution < -0.4 is 5.32 Å².